The molecule has 1 heterocycles. The molecule has 3 rings (SSSR count). The molecular formula is C20H23ClN2O2. The number of para-hydroxylation sites is 1. The molecule has 1 atom stereocenters. The zero-order valence-corrected chi connectivity index (χ0v) is 15.2. The van der Waals surface area contributed by atoms with E-state index in [4.69, 9.17) is 16.3 Å². The average molecular weight is 359 g/mol. The second kappa shape index (κ2) is 8.37. The van der Waals surface area contributed by atoms with Crippen molar-refractivity contribution in [2.45, 2.75) is 19.4 Å². The summed E-state index contributed by atoms with van der Waals surface area (Å²) in [6, 6.07) is 17.5. The predicted octanol–water partition coefficient (Wildman–Crippen LogP) is 4.61. The van der Waals surface area contributed by atoms with Crippen molar-refractivity contribution in [1.82, 2.24) is 9.80 Å². The Morgan fingerprint density at radius 3 is 2.44 bits per heavy atom. The molecule has 1 aliphatic rings. The van der Waals surface area contributed by atoms with Gasteiger partial charge in [-0.1, -0.05) is 41.9 Å². The van der Waals surface area contributed by atoms with Gasteiger partial charge in [-0.15, -0.1) is 0 Å². The van der Waals surface area contributed by atoms with Crippen molar-refractivity contribution in [2.24, 2.45) is 0 Å². The van der Waals surface area contributed by atoms with Crippen LogP contribution in [0.2, 0.25) is 5.02 Å². The Bertz CT molecular complexity index is 691. The summed E-state index contributed by atoms with van der Waals surface area (Å²) in [5, 5.41) is 0.752. The van der Waals surface area contributed by atoms with E-state index in [-0.39, 0.29) is 6.09 Å². The van der Waals surface area contributed by atoms with Crippen LogP contribution in [0, 0.1) is 0 Å². The Morgan fingerprint density at radius 2 is 1.72 bits per heavy atom. The van der Waals surface area contributed by atoms with Crippen LogP contribution >= 0.6 is 11.6 Å². The monoisotopic (exact) mass is 358 g/mol. The van der Waals surface area contributed by atoms with Gasteiger partial charge in [0.15, 0.2) is 0 Å². The largest absolute Gasteiger partial charge is 0.415 e. The number of halogens is 1. The molecule has 1 saturated heterocycles. The minimum absolute atomic E-state index is 0.271. The number of amides is 1. The molecule has 5 heteroatoms. The van der Waals surface area contributed by atoms with Crippen molar-refractivity contribution in [2.75, 3.05) is 26.2 Å². The van der Waals surface area contributed by atoms with Crippen LogP contribution in [0.3, 0.4) is 0 Å². The molecule has 0 aromatic heterocycles. The van der Waals surface area contributed by atoms with Gasteiger partial charge in [-0.25, -0.2) is 4.79 Å². The summed E-state index contributed by atoms with van der Waals surface area (Å²) in [4.78, 5) is 16.6. The van der Waals surface area contributed by atoms with Gasteiger partial charge in [0.2, 0.25) is 0 Å². The van der Waals surface area contributed by atoms with Crippen LogP contribution in [0.1, 0.15) is 24.9 Å². The van der Waals surface area contributed by atoms with Crippen molar-refractivity contribution < 1.29 is 9.53 Å². The minimum Gasteiger partial charge on any atom is -0.410 e. The highest BCUT2D eigenvalue weighted by molar-refractivity contribution is 6.30. The lowest BCUT2D eigenvalue weighted by Gasteiger charge is -2.28. The van der Waals surface area contributed by atoms with Gasteiger partial charge in [0.05, 0.1) is 0 Å². The molecule has 2 aromatic carbocycles. The van der Waals surface area contributed by atoms with E-state index in [1.807, 2.05) is 30.3 Å². The third-order valence-corrected chi connectivity index (χ3v) is 4.89. The zero-order valence-electron chi connectivity index (χ0n) is 14.4. The van der Waals surface area contributed by atoms with E-state index in [0.29, 0.717) is 18.3 Å². The second-order valence-corrected chi connectivity index (χ2v) is 6.72. The van der Waals surface area contributed by atoms with E-state index in [0.717, 1.165) is 31.1 Å². The first-order valence-corrected chi connectivity index (χ1v) is 9.02. The fourth-order valence-corrected chi connectivity index (χ4v) is 3.24. The fourth-order valence-electron chi connectivity index (χ4n) is 3.11. The molecule has 132 valence electrons. The van der Waals surface area contributed by atoms with Crippen LogP contribution in [0.15, 0.2) is 54.6 Å². The summed E-state index contributed by atoms with van der Waals surface area (Å²) < 4.78 is 5.46. The summed E-state index contributed by atoms with van der Waals surface area (Å²) in [5.74, 6) is 0.586. The van der Waals surface area contributed by atoms with Crippen molar-refractivity contribution in [1.29, 1.82) is 0 Å². The van der Waals surface area contributed by atoms with Gasteiger partial charge >= 0.3 is 6.09 Å². The van der Waals surface area contributed by atoms with Crippen LogP contribution in [0.25, 0.3) is 0 Å². The van der Waals surface area contributed by atoms with Gasteiger partial charge in [0.25, 0.3) is 0 Å². The van der Waals surface area contributed by atoms with Crippen molar-refractivity contribution >= 4 is 17.7 Å². The lowest BCUT2D eigenvalue weighted by atomic mass is 10.1. The van der Waals surface area contributed by atoms with E-state index in [9.17, 15) is 4.79 Å². The first-order valence-electron chi connectivity index (χ1n) is 8.65. The summed E-state index contributed by atoms with van der Waals surface area (Å²) in [6.45, 7) is 5.37. The van der Waals surface area contributed by atoms with Gasteiger partial charge in [0.1, 0.15) is 5.75 Å². The van der Waals surface area contributed by atoms with Crippen LogP contribution in [-0.2, 0) is 0 Å². The SMILES string of the molecule is CC(c1ccc(Cl)cc1)N1CCCN(C(=O)Oc2ccccc2)CC1. The lowest BCUT2D eigenvalue weighted by molar-refractivity contribution is 0.151. The van der Waals surface area contributed by atoms with Gasteiger partial charge in [-0.2, -0.15) is 0 Å². The normalized spacial score (nSPS) is 17.0. The molecular weight excluding hydrogens is 336 g/mol. The van der Waals surface area contributed by atoms with Gasteiger partial charge < -0.3 is 9.64 Å². The number of nitrogens with zero attached hydrogens (tertiary/aromatic N) is 2. The standard InChI is InChI=1S/C20H23ClN2O2/c1-16(17-8-10-18(21)11-9-17)22-12-5-13-23(15-14-22)20(24)25-19-6-3-2-4-7-19/h2-4,6-11,16H,5,12-15H2,1H3. The Kier molecular flexibility index (Phi) is 5.95. The molecule has 1 unspecified atom stereocenters. The highest BCUT2D eigenvalue weighted by Crippen LogP contribution is 2.23. The molecule has 1 aliphatic heterocycles. The number of ether oxygens (including phenoxy) is 1. The van der Waals surface area contributed by atoms with E-state index in [1.165, 1.54) is 5.56 Å². The summed E-state index contributed by atoms with van der Waals surface area (Å²) in [7, 11) is 0. The molecule has 0 radical (unpaired) electrons. The summed E-state index contributed by atoms with van der Waals surface area (Å²) >= 11 is 5.98. The van der Waals surface area contributed by atoms with Crippen molar-refractivity contribution in [3.05, 3.63) is 65.2 Å². The Balaban J connectivity index is 1.58. The minimum atomic E-state index is -0.271. The first kappa shape index (κ1) is 17.8. The molecule has 0 bridgehead atoms. The predicted molar refractivity (Wildman–Crippen MR) is 100 cm³/mol. The molecule has 25 heavy (non-hydrogen) atoms. The molecule has 0 spiro atoms. The average Bonchev–Trinajstić information content (AvgIpc) is 2.89. The van der Waals surface area contributed by atoms with Crippen LogP contribution < -0.4 is 4.74 Å². The number of carbonyl (C=O) groups excluding carboxylic acids is 1. The Morgan fingerprint density at radius 1 is 1.00 bits per heavy atom. The van der Waals surface area contributed by atoms with Crippen LogP contribution in [0.4, 0.5) is 4.79 Å². The topological polar surface area (TPSA) is 32.8 Å². The van der Waals surface area contributed by atoms with E-state index in [1.54, 1.807) is 17.0 Å². The highest BCUT2D eigenvalue weighted by atomic mass is 35.5. The summed E-state index contributed by atoms with van der Waals surface area (Å²) in [5.41, 5.74) is 1.24. The Hall–Kier alpha value is -2.04. The van der Waals surface area contributed by atoms with Gasteiger partial charge in [-0.3, -0.25) is 4.90 Å². The van der Waals surface area contributed by atoms with Gasteiger partial charge in [-0.05, 0) is 43.2 Å². The fraction of sp³-hybridized carbons (Fsp3) is 0.350. The van der Waals surface area contributed by atoms with Crippen molar-refractivity contribution in [3.8, 4) is 5.75 Å². The lowest BCUT2D eigenvalue weighted by Crippen LogP contribution is -2.37. The maximum Gasteiger partial charge on any atom is 0.415 e. The molecule has 2 aromatic rings. The van der Waals surface area contributed by atoms with Gasteiger partial charge in [0, 0.05) is 37.2 Å². The second-order valence-electron chi connectivity index (χ2n) is 6.29. The maximum atomic E-state index is 12.4. The molecule has 0 N–H and O–H groups in total. The molecule has 0 aliphatic carbocycles. The smallest absolute Gasteiger partial charge is 0.410 e. The van der Waals surface area contributed by atoms with E-state index >= 15 is 0 Å². The molecule has 1 amide bonds. The number of rotatable bonds is 3. The number of hydrogen-bond acceptors (Lipinski definition) is 3. The number of carbonyl (C=O) groups is 1. The third-order valence-electron chi connectivity index (χ3n) is 4.64. The Labute approximate surface area is 154 Å². The number of benzene rings is 2. The zero-order chi connectivity index (χ0) is 17.6. The first-order chi connectivity index (χ1) is 12.1. The van der Waals surface area contributed by atoms with Crippen molar-refractivity contribution in [3.63, 3.8) is 0 Å². The maximum absolute atomic E-state index is 12.4. The molecule has 4 nitrogen and oxygen atoms in total. The van der Waals surface area contributed by atoms with E-state index < -0.39 is 0 Å². The quantitative estimate of drug-likeness (QED) is 0.803. The van der Waals surface area contributed by atoms with Crippen LogP contribution in [-0.4, -0.2) is 42.1 Å². The van der Waals surface area contributed by atoms with E-state index in [2.05, 4.69) is 24.0 Å². The highest BCUT2D eigenvalue weighted by Gasteiger charge is 2.23. The third kappa shape index (κ3) is 4.74. The number of hydrogen-bond donors (Lipinski definition) is 0. The van der Waals surface area contributed by atoms with Crippen LogP contribution in [0.5, 0.6) is 5.75 Å². The summed E-state index contributed by atoms with van der Waals surface area (Å²) in [6.07, 6.45) is 0.661. The molecule has 0 saturated carbocycles. The molecule has 1 fully saturated rings.